The standard InChI is InChI=1S/C30H32F6O2/c1-3-5-17-6-8-18(9-7-17)23-14-10-19(16-38-23)20-11-12-21-22-13-15-24(37-4-2)28(32)26(22)30(35,36)29(33,34)25(21)27(20)31/h10-13,15,17-18,23H,3-9,14,16H2,1-2H3. The highest BCUT2D eigenvalue weighted by molar-refractivity contribution is 5.80. The Bertz CT molecular complexity index is 1230. The van der Waals surface area contributed by atoms with E-state index in [9.17, 15) is 4.39 Å². The molecule has 5 rings (SSSR count). The molecular formula is C30H32F6O2. The topological polar surface area (TPSA) is 18.5 Å². The molecule has 2 nitrogen and oxygen atoms in total. The van der Waals surface area contributed by atoms with Crippen LogP contribution < -0.4 is 4.74 Å². The summed E-state index contributed by atoms with van der Waals surface area (Å²) in [4.78, 5) is 0. The number of fused-ring (bicyclic) bond motifs is 3. The molecule has 0 bridgehead atoms. The van der Waals surface area contributed by atoms with E-state index in [2.05, 4.69) is 6.92 Å². The molecule has 2 aromatic rings. The van der Waals surface area contributed by atoms with Crippen LogP contribution in [0.5, 0.6) is 5.75 Å². The smallest absolute Gasteiger partial charge is 0.343 e. The Hall–Kier alpha value is -2.48. The van der Waals surface area contributed by atoms with Crippen LogP contribution in [0.3, 0.4) is 0 Å². The van der Waals surface area contributed by atoms with Gasteiger partial charge >= 0.3 is 11.8 Å². The molecule has 1 heterocycles. The Kier molecular flexibility index (Phi) is 7.31. The van der Waals surface area contributed by atoms with E-state index in [0.29, 0.717) is 17.9 Å². The van der Waals surface area contributed by atoms with Crippen molar-refractivity contribution in [3.05, 3.63) is 58.7 Å². The van der Waals surface area contributed by atoms with E-state index in [1.807, 2.05) is 0 Å². The van der Waals surface area contributed by atoms with Crippen molar-refractivity contribution in [3.63, 3.8) is 0 Å². The molecule has 206 valence electrons. The molecule has 0 radical (unpaired) electrons. The van der Waals surface area contributed by atoms with Gasteiger partial charge in [-0.1, -0.05) is 50.8 Å². The van der Waals surface area contributed by atoms with Gasteiger partial charge in [0, 0.05) is 5.56 Å². The Labute approximate surface area is 219 Å². The zero-order chi connectivity index (χ0) is 27.2. The molecule has 1 atom stereocenters. The van der Waals surface area contributed by atoms with Gasteiger partial charge in [0.1, 0.15) is 5.82 Å². The predicted octanol–water partition coefficient (Wildman–Crippen LogP) is 9.01. The lowest BCUT2D eigenvalue weighted by molar-refractivity contribution is -0.227. The highest BCUT2D eigenvalue weighted by Gasteiger charge is 2.65. The summed E-state index contributed by atoms with van der Waals surface area (Å²) in [5.41, 5.74) is -3.69. The average molecular weight is 539 g/mol. The zero-order valence-corrected chi connectivity index (χ0v) is 21.6. The summed E-state index contributed by atoms with van der Waals surface area (Å²) in [5.74, 6) is -12.4. The second-order valence-electron chi connectivity index (χ2n) is 10.6. The van der Waals surface area contributed by atoms with Crippen molar-refractivity contribution in [2.45, 2.75) is 76.7 Å². The van der Waals surface area contributed by atoms with Crippen molar-refractivity contribution in [1.29, 1.82) is 0 Å². The van der Waals surface area contributed by atoms with E-state index in [1.165, 1.54) is 25.8 Å². The summed E-state index contributed by atoms with van der Waals surface area (Å²) in [5, 5.41) is 0. The maximum Gasteiger partial charge on any atom is 0.343 e. The first kappa shape index (κ1) is 27.1. The molecule has 38 heavy (non-hydrogen) atoms. The fraction of sp³-hybridized carbons (Fsp3) is 0.533. The van der Waals surface area contributed by atoms with Gasteiger partial charge in [-0.15, -0.1) is 0 Å². The van der Waals surface area contributed by atoms with Gasteiger partial charge in [0.2, 0.25) is 0 Å². The minimum Gasteiger partial charge on any atom is -0.491 e. The lowest BCUT2D eigenvalue weighted by atomic mass is 9.76. The fourth-order valence-corrected chi connectivity index (χ4v) is 6.38. The van der Waals surface area contributed by atoms with Gasteiger partial charge < -0.3 is 9.47 Å². The summed E-state index contributed by atoms with van der Waals surface area (Å²) in [6.07, 6.45) is 9.11. The van der Waals surface area contributed by atoms with Crippen LogP contribution >= 0.6 is 0 Å². The van der Waals surface area contributed by atoms with Crippen LogP contribution in [0.1, 0.15) is 75.5 Å². The maximum atomic E-state index is 15.7. The number of ether oxygens (including phenoxy) is 2. The van der Waals surface area contributed by atoms with E-state index in [0.717, 1.165) is 49.8 Å². The summed E-state index contributed by atoms with van der Waals surface area (Å²) in [7, 11) is 0. The molecule has 0 aromatic heterocycles. The molecule has 1 fully saturated rings. The second kappa shape index (κ2) is 10.2. The van der Waals surface area contributed by atoms with Gasteiger partial charge in [-0.05, 0) is 66.9 Å². The number of hydrogen-bond donors (Lipinski definition) is 0. The van der Waals surface area contributed by atoms with Crippen molar-refractivity contribution >= 4 is 5.57 Å². The highest BCUT2D eigenvalue weighted by atomic mass is 19.3. The second-order valence-corrected chi connectivity index (χ2v) is 10.6. The van der Waals surface area contributed by atoms with Gasteiger partial charge in [-0.2, -0.15) is 17.6 Å². The Morgan fingerprint density at radius 1 is 0.842 bits per heavy atom. The molecule has 0 saturated heterocycles. The molecule has 2 aliphatic carbocycles. The summed E-state index contributed by atoms with van der Waals surface area (Å²) >= 11 is 0. The van der Waals surface area contributed by atoms with Gasteiger partial charge in [0.15, 0.2) is 11.6 Å². The predicted molar refractivity (Wildman–Crippen MR) is 133 cm³/mol. The van der Waals surface area contributed by atoms with E-state index in [4.69, 9.17) is 9.47 Å². The largest absolute Gasteiger partial charge is 0.491 e. The summed E-state index contributed by atoms with van der Waals surface area (Å²) < 4.78 is 103. The maximum absolute atomic E-state index is 15.7. The first-order valence-corrected chi connectivity index (χ1v) is 13.5. The number of rotatable bonds is 6. The Balaban J connectivity index is 1.46. The molecule has 1 saturated carbocycles. The normalized spacial score (nSPS) is 25.8. The molecule has 0 N–H and O–H groups in total. The lowest BCUT2D eigenvalue weighted by Gasteiger charge is -2.37. The van der Waals surface area contributed by atoms with Crippen LogP contribution in [-0.2, 0) is 16.6 Å². The van der Waals surface area contributed by atoms with E-state index in [-0.39, 0.29) is 24.9 Å². The molecular weight excluding hydrogens is 506 g/mol. The van der Waals surface area contributed by atoms with Crippen LogP contribution in [0.15, 0.2) is 30.3 Å². The van der Waals surface area contributed by atoms with Crippen molar-refractivity contribution in [3.8, 4) is 16.9 Å². The van der Waals surface area contributed by atoms with Crippen LogP contribution in [0, 0.1) is 23.5 Å². The SMILES string of the molecule is CCCC1CCC(C2CC=C(c3ccc4c(c3F)C(F)(F)C(F)(F)c3c-4ccc(OCC)c3F)CO2)CC1. The van der Waals surface area contributed by atoms with Crippen molar-refractivity contribution in [1.82, 2.24) is 0 Å². The van der Waals surface area contributed by atoms with Crippen LogP contribution in [0.25, 0.3) is 16.7 Å². The lowest BCUT2D eigenvalue weighted by Crippen LogP contribution is -2.41. The third-order valence-corrected chi connectivity index (χ3v) is 8.37. The number of benzene rings is 2. The molecule has 0 amide bonds. The van der Waals surface area contributed by atoms with E-state index < -0.39 is 51.5 Å². The van der Waals surface area contributed by atoms with Gasteiger partial charge in [-0.25, -0.2) is 8.78 Å². The van der Waals surface area contributed by atoms with Crippen LogP contribution in [-0.4, -0.2) is 19.3 Å². The van der Waals surface area contributed by atoms with Crippen molar-refractivity contribution in [2.24, 2.45) is 11.8 Å². The third kappa shape index (κ3) is 4.33. The first-order valence-electron chi connectivity index (χ1n) is 13.5. The quantitative estimate of drug-likeness (QED) is 0.342. The van der Waals surface area contributed by atoms with E-state index >= 15 is 22.0 Å². The van der Waals surface area contributed by atoms with Crippen molar-refractivity contribution < 1.29 is 35.8 Å². The van der Waals surface area contributed by atoms with Gasteiger partial charge in [0.05, 0.1) is 30.4 Å². The monoisotopic (exact) mass is 538 g/mol. The minimum absolute atomic E-state index is 0.0140. The Morgan fingerprint density at radius 2 is 1.45 bits per heavy atom. The average Bonchev–Trinajstić information content (AvgIpc) is 2.89. The fourth-order valence-electron chi connectivity index (χ4n) is 6.38. The zero-order valence-electron chi connectivity index (χ0n) is 21.6. The van der Waals surface area contributed by atoms with Gasteiger partial charge in [0.25, 0.3) is 0 Å². The van der Waals surface area contributed by atoms with Crippen LogP contribution in [0.4, 0.5) is 26.3 Å². The molecule has 1 unspecified atom stereocenters. The van der Waals surface area contributed by atoms with Crippen LogP contribution in [0.2, 0.25) is 0 Å². The van der Waals surface area contributed by atoms with Crippen molar-refractivity contribution in [2.75, 3.05) is 13.2 Å². The minimum atomic E-state index is -4.98. The first-order chi connectivity index (χ1) is 18.1. The molecule has 2 aromatic carbocycles. The molecule has 3 aliphatic rings. The number of hydrogen-bond acceptors (Lipinski definition) is 2. The number of alkyl halides is 4. The summed E-state index contributed by atoms with van der Waals surface area (Å²) in [6.45, 7) is 3.68. The molecule has 0 spiro atoms. The Morgan fingerprint density at radius 3 is 2.03 bits per heavy atom. The van der Waals surface area contributed by atoms with E-state index in [1.54, 1.807) is 6.08 Å². The molecule has 1 aliphatic heterocycles. The number of halogens is 6. The van der Waals surface area contributed by atoms with Gasteiger partial charge in [-0.3, -0.25) is 0 Å². The summed E-state index contributed by atoms with van der Waals surface area (Å²) in [6, 6.07) is 4.63. The highest BCUT2D eigenvalue weighted by Crippen LogP contribution is 2.60. The molecule has 8 heteroatoms. The third-order valence-electron chi connectivity index (χ3n) is 8.37.